The van der Waals surface area contributed by atoms with Crippen LogP contribution >= 0.6 is 0 Å². The van der Waals surface area contributed by atoms with E-state index in [2.05, 4.69) is 6.58 Å². The third-order valence-corrected chi connectivity index (χ3v) is 4.84. The van der Waals surface area contributed by atoms with Crippen LogP contribution < -0.4 is 0 Å². The first-order valence-corrected chi connectivity index (χ1v) is 7.32. The number of rotatable bonds is 3. The highest BCUT2D eigenvalue weighted by Crippen LogP contribution is 2.58. The largest absolute Gasteiger partial charge is 0.390 e. The molecule has 0 radical (unpaired) electrons. The highest BCUT2D eigenvalue weighted by atomic mass is 16.7. The maximum absolute atomic E-state index is 12.5. The Hall–Kier alpha value is -1.01. The van der Waals surface area contributed by atoms with Crippen molar-refractivity contribution in [3.8, 4) is 0 Å². The van der Waals surface area contributed by atoms with Gasteiger partial charge in [0.25, 0.3) is 0 Å². The van der Waals surface area contributed by atoms with Gasteiger partial charge in [-0.05, 0) is 39.2 Å². The van der Waals surface area contributed by atoms with Crippen molar-refractivity contribution in [2.75, 3.05) is 0 Å². The Morgan fingerprint density at radius 3 is 2.62 bits per heavy atom. The van der Waals surface area contributed by atoms with Crippen molar-refractivity contribution in [1.82, 2.24) is 0 Å². The van der Waals surface area contributed by atoms with E-state index in [1.54, 1.807) is 6.92 Å². The van der Waals surface area contributed by atoms with Crippen LogP contribution in [-0.2, 0) is 14.3 Å². The van der Waals surface area contributed by atoms with E-state index in [1.165, 1.54) is 0 Å². The van der Waals surface area contributed by atoms with Gasteiger partial charge in [0.2, 0.25) is 11.6 Å². The quantitative estimate of drug-likeness (QED) is 0.602. The Morgan fingerprint density at radius 2 is 2.05 bits per heavy atom. The molecule has 116 valence electrons. The first-order valence-electron chi connectivity index (χ1n) is 7.32. The first-order chi connectivity index (χ1) is 9.72. The van der Waals surface area contributed by atoms with Gasteiger partial charge in [0.05, 0.1) is 12.0 Å². The average molecular weight is 294 g/mol. The lowest BCUT2D eigenvalue weighted by Crippen LogP contribution is -2.46. The van der Waals surface area contributed by atoms with Crippen LogP contribution in [0.15, 0.2) is 23.8 Å². The first kappa shape index (κ1) is 14.9. The van der Waals surface area contributed by atoms with Crippen LogP contribution in [0.3, 0.4) is 0 Å². The van der Waals surface area contributed by atoms with Gasteiger partial charge in [-0.15, -0.1) is 0 Å². The average Bonchev–Trinajstić information content (AvgIpc) is 3.09. The Morgan fingerprint density at radius 1 is 1.38 bits per heavy atom. The Kier molecular flexibility index (Phi) is 3.19. The summed E-state index contributed by atoms with van der Waals surface area (Å²) in [6.07, 6.45) is 1.29. The maximum Gasteiger partial charge on any atom is 0.250 e. The van der Waals surface area contributed by atoms with Crippen molar-refractivity contribution in [3.63, 3.8) is 0 Å². The molecule has 2 heterocycles. The van der Waals surface area contributed by atoms with Crippen molar-refractivity contribution in [2.24, 2.45) is 5.92 Å². The number of aliphatic hydroxyl groups is 2. The number of fused-ring (bicyclic) bond motifs is 3. The molecule has 2 N–H and O–H groups in total. The van der Waals surface area contributed by atoms with E-state index in [-0.39, 0.29) is 18.1 Å². The fourth-order valence-electron chi connectivity index (χ4n) is 3.56. The molecule has 2 saturated heterocycles. The standard InChI is InChI=1S/C16H22O5/c1-8(2)5-6-15-13-10(7-11(17)14(15)20-15)12(18)16(19,21-13)9(3)4/h5,10-11,13-14,17,19H,3,6-7H2,1-2,4H3. The number of allylic oxidation sites excluding steroid dienone is 1. The van der Waals surface area contributed by atoms with Gasteiger partial charge in [-0.25, -0.2) is 0 Å². The minimum atomic E-state index is -1.95. The molecule has 0 aromatic heterocycles. The zero-order valence-electron chi connectivity index (χ0n) is 12.6. The van der Waals surface area contributed by atoms with Crippen molar-refractivity contribution in [2.45, 2.75) is 63.3 Å². The summed E-state index contributed by atoms with van der Waals surface area (Å²) >= 11 is 0. The fourth-order valence-corrected chi connectivity index (χ4v) is 3.56. The van der Waals surface area contributed by atoms with Crippen LogP contribution in [0.25, 0.3) is 0 Å². The lowest BCUT2D eigenvalue weighted by molar-refractivity contribution is -0.184. The molecule has 0 spiro atoms. The van der Waals surface area contributed by atoms with Gasteiger partial charge < -0.3 is 19.7 Å². The molecule has 3 fully saturated rings. The number of ether oxygens (including phenoxy) is 2. The molecular weight excluding hydrogens is 272 g/mol. The number of carbonyl (C=O) groups is 1. The van der Waals surface area contributed by atoms with Gasteiger partial charge in [0.1, 0.15) is 17.8 Å². The number of epoxide rings is 1. The van der Waals surface area contributed by atoms with Crippen LogP contribution in [0, 0.1) is 5.92 Å². The molecule has 5 heteroatoms. The fraction of sp³-hybridized carbons (Fsp3) is 0.688. The molecule has 6 atom stereocenters. The number of hydrogen-bond donors (Lipinski definition) is 2. The second-order valence-corrected chi connectivity index (χ2v) is 6.72. The molecule has 1 saturated carbocycles. The molecule has 5 nitrogen and oxygen atoms in total. The molecule has 6 unspecified atom stereocenters. The summed E-state index contributed by atoms with van der Waals surface area (Å²) in [4.78, 5) is 12.5. The van der Waals surface area contributed by atoms with Crippen molar-refractivity contribution >= 4 is 5.78 Å². The molecular formula is C16H22O5. The maximum atomic E-state index is 12.5. The number of Topliss-reactive ketones (excluding diaryl/α,β-unsaturated/α-hetero) is 1. The Balaban J connectivity index is 1.94. The predicted octanol–water partition coefficient (Wildman–Crippen LogP) is 1.09. The topological polar surface area (TPSA) is 79.3 Å². The van der Waals surface area contributed by atoms with E-state index >= 15 is 0 Å². The zero-order valence-corrected chi connectivity index (χ0v) is 12.6. The van der Waals surface area contributed by atoms with Crippen LogP contribution in [0.1, 0.15) is 33.6 Å². The lowest BCUT2D eigenvalue weighted by atomic mass is 9.74. The summed E-state index contributed by atoms with van der Waals surface area (Å²) in [6.45, 7) is 9.19. The van der Waals surface area contributed by atoms with Crippen molar-refractivity contribution in [1.29, 1.82) is 0 Å². The third kappa shape index (κ3) is 1.95. The third-order valence-electron chi connectivity index (χ3n) is 4.84. The molecule has 0 aromatic carbocycles. The molecule has 2 aliphatic heterocycles. The van der Waals surface area contributed by atoms with Gasteiger partial charge in [-0.1, -0.05) is 18.2 Å². The second kappa shape index (κ2) is 4.49. The summed E-state index contributed by atoms with van der Waals surface area (Å²) in [5.74, 6) is -2.91. The number of ketones is 1. The highest BCUT2D eigenvalue weighted by Gasteiger charge is 2.74. The van der Waals surface area contributed by atoms with E-state index in [0.29, 0.717) is 6.42 Å². The second-order valence-electron chi connectivity index (χ2n) is 6.72. The van der Waals surface area contributed by atoms with Gasteiger partial charge in [-0.3, -0.25) is 4.79 Å². The van der Waals surface area contributed by atoms with Crippen LogP contribution in [0.4, 0.5) is 0 Å². The SMILES string of the molecule is C=C(C)C1(O)OC2C(CC(O)C3OC32CC=C(C)C)C1=O. The van der Waals surface area contributed by atoms with E-state index in [0.717, 1.165) is 5.57 Å². The smallest absolute Gasteiger partial charge is 0.250 e. The van der Waals surface area contributed by atoms with E-state index in [9.17, 15) is 15.0 Å². The van der Waals surface area contributed by atoms with Gasteiger partial charge in [0, 0.05) is 0 Å². The molecule has 0 amide bonds. The monoisotopic (exact) mass is 294 g/mol. The van der Waals surface area contributed by atoms with E-state index in [1.807, 2.05) is 19.9 Å². The highest BCUT2D eigenvalue weighted by molar-refractivity contribution is 5.93. The number of carbonyl (C=O) groups excluding carboxylic acids is 1. The number of hydrogen-bond acceptors (Lipinski definition) is 5. The Labute approximate surface area is 124 Å². The summed E-state index contributed by atoms with van der Waals surface area (Å²) in [5.41, 5.74) is 0.704. The van der Waals surface area contributed by atoms with Gasteiger partial charge in [0.15, 0.2) is 0 Å². The summed E-state index contributed by atoms with van der Waals surface area (Å²) in [6, 6.07) is 0. The van der Waals surface area contributed by atoms with Crippen molar-refractivity contribution < 1.29 is 24.5 Å². The minimum absolute atomic E-state index is 0.264. The van der Waals surface area contributed by atoms with Crippen LogP contribution in [0.2, 0.25) is 0 Å². The molecule has 0 aromatic rings. The van der Waals surface area contributed by atoms with Gasteiger partial charge in [-0.2, -0.15) is 0 Å². The summed E-state index contributed by atoms with van der Waals surface area (Å²) < 4.78 is 11.5. The molecule has 21 heavy (non-hydrogen) atoms. The molecule has 0 bridgehead atoms. The number of aliphatic hydroxyl groups excluding tert-OH is 1. The van der Waals surface area contributed by atoms with Gasteiger partial charge >= 0.3 is 0 Å². The molecule has 3 aliphatic rings. The predicted molar refractivity (Wildman–Crippen MR) is 75.4 cm³/mol. The lowest BCUT2D eigenvalue weighted by Gasteiger charge is -2.30. The molecule has 1 aliphatic carbocycles. The zero-order chi connectivity index (χ0) is 15.6. The normalized spacial score (nSPS) is 47.6. The van der Waals surface area contributed by atoms with Crippen molar-refractivity contribution in [3.05, 3.63) is 23.8 Å². The molecule has 3 rings (SSSR count). The van der Waals surface area contributed by atoms with E-state index < -0.39 is 35.3 Å². The Bertz CT molecular complexity index is 535. The van der Waals surface area contributed by atoms with E-state index in [4.69, 9.17) is 9.47 Å². The summed E-state index contributed by atoms with van der Waals surface area (Å²) in [7, 11) is 0. The minimum Gasteiger partial charge on any atom is -0.390 e. The van der Waals surface area contributed by atoms with Crippen LogP contribution in [0.5, 0.6) is 0 Å². The van der Waals surface area contributed by atoms with Crippen LogP contribution in [-0.4, -0.2) is 45.7 Å². The summed E-state index contributed by atoms with van der Waals surface area (Å²) in [5, 5.41) is 20.6.